The number of hydrogen-bond donors (Lipinski definition) is 1. The lowest BCUT2D eigenvalue weighted by Gasteiger charge is -2.21. The molecule has 0 atom stereocenters. The van der Waals surface area contributed by atoms with Crippen molar-refractivity contribution >= 4 is 11.8 Å². The number of hydrogen-bond acceptors (Lipinski definition) is 4. The predicted molar refractivity (Wildman–Crippen MR) is 68.2 cm³/mol. The van der Waals surface area contributed by atoms with Crippen LogP contribution in [0.25, 0.3) is 0 Å². The van der Waals surface area contributed by atoms with Crippen LogP contribution >= 0.6 is 0 Å². The molecule has 1 N–H and O–H groups in total. The number of methoxy groups -OCH3 is 1. The summed E-state index contributed by atoms with van der Waals surface area (Å²) in [5, 5.41) is 3.04. The number of nitrogens with zero attached hydrogens (tertiary/aromatic N) is 2. The quantitative estimate of drug-likeness (QED) is 0.662. The SMILES string of the molecule is COCCNCC(=O)N1CCCN(C(C)=O)CC1. The van der Waals surface area contributed by atoms with Crippen LogP contribution in [0.3, 0.4) is 0 Å². The van der Waals surface area contributed by atoms with Gasteiger partial charge in [-0.3, -0.25) is 9.59 Å². The Balaban J connectivity index is 2.29. The molecule has 0 aromatic heterocycles. The molecular weight excluding hydrogens is 234 g/mol. The molecule has 1 heterocycles. The standard InChI is InChI=1S/C12H23N3O3/c1-11(16)14-5-3-6-15(8-7-14)12(17)10-13-4-9-18-2/h13H,3-10H2,1-2H3. The topological polar surface area (TPSA) is 61.9 Å². The molecule has 1 aliphatic heterocycles. The Bertz CT molecular complexity index is 284. The van der Waals surface area contributed by atoms with Gasteiger partial charge in [0, 0.05) is 46.8 Å². The van der Waals surface area contributed by atoms with Gasteiger partial charge >= 0.3 is 0 Å². The third-order valence-electron chi connectivity index (χ3n) is 3.05. The molecular formula is C12H23N3O3. The fraction of sp³-hybridized carbons (Fsp3) is 0.833. The van der Waals surface area contributed by atoms with Crippen molar-refractivity contribution in [1.29, 1.82) is 0 Å². The van der Waals surface area contributed by atoms with Gasteiger partial charge < -0.3 is 19.9 Å². The van der Waals surface area contributed by atoms with E-state index >= 15 is 0 Å². The van der Waals surface area contributed by atoms with E-state index in [1.165, 1.54) is 0 Å². The molecule has 0 aromatic rings. The van der Waals surface area contributed by atoms with Gasteiger partial charge in [-0.1, -0.05) is 0 Å². The minimum absolute atomic E-state index is 0.0857. The van der Waals surface area contributed by atoms with E-state index in [-0.39, 0.29) is 11.8 Å². The number of nitrogens with one attached hydrogen (secondary N) is 1. The van der Waals surface area contributed by atoms with Gasteiger partial charge in [-0.05, 0) is 6.42 Å². The molecule has 0 aromatic carbocycles. The molecule has 18 heavy (non-hydrogen) atoms. The molecule has 6 heteroatoms. The molecule has 0 unspecified atom stereocenters. The monoisotopic (exact) mass is 257 g/mol. The fourth-order valence-corrected chi connectivity index (χ4v) is 1.96. The predicted octanol–water partition coefficient (Wildman–Crippen LogP) is -0.697. The maximum Gasteiger partial charge on any atom is 0.236 e. The Hall–Kier alpha value is -1.14. The Labute approximate surface area is 108 Å². The largest absolute Gasteiger partial charge is 0.383 e. The summed E-state index contributed by atoms with van der Waals surface area (Å²) < 4.78 is 4.90. The molecule has 104 valence electrons. The summed E-state index contributed by atoms with van der Waals surface area (Å²) in [7, 11) is 1.63. The highest BCUT2D eigenvalue weighted by Gasteiger charge is 2.19. The van der Waals surface area contributed by atoms with E-state index in [9.17, 15) is 9.59 Å². The maximum absolute atomic E-state index is 11.9. The van der Waals surface area contributed by atoms with Gasteiger partial charge in [-0.2, -0.15) is 0 Å². The van der Waals surface area contributed by atoms with Crippen LogP contribution in [-0.2, 0) is 14.3 Å². The first-order chi connectivity index (χ1) is 8.65. The van der Waals surface area contributed by atoms with E-state index in [1.807, 2.05) is 4.90 Å². The van der Waals surface area contributed by atoms with Crippen LogP contribution in [0, 0.1) is 0 Å². The first-order valence-corrected chi connectivity index (χ1v) is 6.38. The average Bonchev–Trinajstić information content (AvgIpc) is 2.60. The van der Waals surface area contributed by atoms with E-state index in [0.29, 0.717) is 32.8 Å². The lowest BCUT2D eigenvalue weighted by atomic mass is 10.3. The molecule has 1 rings (SSSR count). The van der Waals surface area contributed by atoms with Crippen molar-refractivity contribution in [1.82, 2.24) is 15.1 Å². The summed E-state index contributed by atoms with van der Waals surface area (Å²) in [5.74, 6) is 0.180. The first-order valence-electron chi connectivity index (χ1n) is 6.38. The van der Waals surface area contributed by atoms with Crippen molar-refractivity contribution in [2.45, 2.75) is 13.3 Å². The van der Waals surface area contributed by atoms with Crippen LogP contribution in [0.5, 0.6) is 0 Å². The summed E-state index contributed by atoms with van der Waals surface area (Å²) in [6, 6.07) is 0. The lowest BCUT2D eigenvalue weighted by Crippen LogP contribution is -2.41. The Morgan fingerprint density at radius 1 is 1.17 bits per heavy atom. The highest BCUT2D eigenvalue weighted by Crippen LogP contribution is 2.03. The minimum Gasteiger partial charge on any atom is -0.383 e. The highest BCUT2D eigenvalue weighted by molar-refractivity contribution is 5.78. The first kappa shape index (κ1) is 14.9. The number of carbonyl (C=O) groups is 2. The van der Waals surface area contributed by atoms with Gasteiger partial charge in [0.15, 0.2) is 0 Å². The van der Waals surface area contributed by atoms with E-state index in [0.717, 1.165) is 19.5 Å². The van der Waals surface area contributed by atoms with Gasteiger partial charge in [-0.25, -0.2) is 0 Å². The van der Waals surface area contributed by atoms with Crippen molar-refractivity contribution in [3.63, 3.8) is 0 Å². The molecule has 0 radical (unpaired) electrons. The summed E-state index contributed by atoms with van der Waals surface area (Å²) >= 11 is 0. The van der Waals surface area contributed by atoms with Crippen molar-refractivity contribution in [2.75, 3.05) is 53.0 Å². The minimum atomic E-state index is 0.0857. The third-order valence-corrected chi connectivity index (χ3v) is 3.05. The number of ether oxygens (including phenoxy) is 1. The van der Waals surface area contributed by atoms with Gasteiger partial charge in [0.25, 0.3) is 0 Å². The van der Waals surface area contributed by atoms with Crippen molar-refractivity contribution in [2.24, 2.45) is 0 Å². The summed E-state index contributed by atoms with van der Waals surface area (Å²) in [5.41, 5.74) is 0. The van der Waals surface area contributed by atoms with Crippen LogP contribution < -0.4 is 5.32 Å². The molecule has 0 spiro atoms. The summed E-state index contributed by atoms with van der Waals surface area (Å²) in [6.07, 6.45) is 0.851. The molecule has 0 saturated carbocycles. The van der Waals surface area contributed by atoms with Crippen LogP contribution in [0.15, 0.2) is 0 Å². The molecule has 0 aliphatic carbocycles. The lowest BCUT2D eigenvalue weighted by molar-refractivity contribution is -0.132. The van der Waals surface area contributed by atoms with Crippen LogP contribution in [0.2, 0.25) is 0 Å². The third kappa shape index (κ3) is 5.01. The summed E-state index contributed by atoms with van der Waals surface area (Å²) in [4.78, 5) is 26.8. The molecule has 1 saturated heterocycles. The van der Waals surface area contributed by atoms with Crippen LogP contribution in [0.1, 0.15) is 13.3 Å². The van der Waals surface area contributed by atoms with E-state index in [2.05, 4.69) is 5.32 Å². The van der Waals surface area contributed by atoms with Crippen LogP contribution in [-0.4, -0.2) is 74.6 Å². The molecule has 2 amide bonds. The second-order valence-corrected chi connectivity index (χ2v) is 4.41. The Morgan fingerprint density at radius 3 is 2.50 bits per heavy atom. The van der Waals surface area contributed by atoms with Gasteiger partial charge in [0.1, 0.15) is 0 Å². The Kier molecular flexibility index (Phi) is 6.67. The zero-order chi connectivity index (χ0) is 13.4. The normalized spacial score (nSPS) is 16.6. The smallest absolute Gasteiger partial charge is 0.236 e. The zero-order valence-electron chi connectivity index (χ0n) is 11.3. The number of rotatable bonds is 5. The highest BCUT2D eigenvalue weighted by atomic mass is 16.5. The van der Waals surface area contributed by atoms with E-state index < -0.39 is 0 Å². The molecule has 0 bridgehead atoms. The number of carbonyl (C=O) groups excluding carboxylic acids is 2. The van der Waals surface area contributed by atoms with E-state index in [4.69, 9.17) is 4.74 Å². The van der Waals surface area contributed by atoms with Crippen molar-refractivity contribution < 1.29 is 14.3 Å². The second-order valence-electron chi connectivity index (χ2n) is 4.41. The van der Waals surface area contributed by atoms with Gasteiger partial charge in [0.2, 0.25) is 11.8 Å². The van der Waals surface area contributed by atoms with Crippen LogP contribution in [0.4, 0.5) is 0 Å². The van der Waals surface area contributed by atoms with Crippen molar-refractivity contribution in [3.8, 4) is 0 Å². The van der Waals surface area contributed by atoms with Gasteiger partial charge in [0.05, 0.1) is 13.2 Å². The van der Waals surface area contributed by atoms with Crippen molar-refractivity contribution in [3.05, 3.63) is 0 Å². The number of amides is 2. The fourth-order valence-electron chi connectivity index (χ4n) is 1.96. The average molecular weight is 257 g/mol. The molecule has 6 nitrogen and oxygen atoms in total. The second kappa shape index (κ2) is 8.05. The zero-order valence-corrected chi connectivity index (χ0v) is 11.3. The summed E-state index contributed by atoms with van der Waals surface area (Å²) in [6.45, 7) is 5.93. The molecule has 1 fully saturated rings. The molecule has 1 aliphatic rings. The Morgan fingerprint density at radius 2 is 1.83 bits per heavy atom. The maximum atomic E-state index is 11.9. The van der Waals surface area contributed by atoms with Gasteiger partial charge in [-0.15, -0.1) is 0 Å². The van der Waals surface area contributed by atoms with E-state index in [1.54, 1.807) is 18.9 Å².